The van der Waals surface area contributed by atoms with Crippen LogP contribution in [0.3, 0.4) is 0 Å². The summed E-state index contributed by atoms with van der Waals surface area (Å²) in [7, 11) is 3.51. The van der Waals surface area contributed by atoms with Crippen LogP contribution < -0.4 is 5.73 Å². The molecule has 1 heterocycles. The number of nitrogens with two attached hydrogens (primary N) is 1. The van der Waals surface area contributed by atoms with Crippen LogP contribution in [0.2, 0.25) is 0 Å². The fraction of sp³-hybridized carbons (Fsp3) is 1.00. The van der Waals surface area contributed by atoms with E-state index in [1.165, 1.54) is 0 Å². The van der Waals surface area contributed by atoms with Crippen LogP contribution in [0.15, 0.2) is 0 Å². The van der Waals surface area contributed by atoms with Crippen molar-refractivity contribution in [3.05, 3.63) is 0 Å². The van der Waals surface area contributed by atoms with Crippen LogP contribution in [-0.2, 0) is 9.47 Å². The Hall–Kier alpha value is -0.160. The fourth-order valence-corrected chi connectivity index (χ4v) is 3.14. The lowest BCUT2D eigenvalue weighted by molar-refractivity contribution is -0.00461. The fourth-order valence-electron chi connectivity index (χ4n) is 3.14. The normalized spacial score (nSPS) is 29.5. The minimum atomic E-state index is 0.156. The zero-order valence-corrected chi connectivity index (χ0v) is 12.8. The average molecular weight is 258 g/mol. The molecule has 1 aliphatic heterocycles. The van der Waals surface area contributed by atoms with Gasteiger partial charge in [-0.2, -0.15) is 0 Å². The van der Waals surface area contributed by atoms with Gasteiger partial charge in [0.2, 0.25) is 0 Å². The molecule has 1 fully saturated rings. The Bertz CT molecular complexity index is 241. The van der Waals surface area contributed by atoms with Gasteiger partial charge in [0, 0.05) is 39.4 Å². The smallest absolute Gasteiger partial charge is 0.0971 e. The molecule has 0 aromatic rings. The van der Waals surface area contributed by atoms with Gasteiger partial charge in [0.05, 0.1) is 12.2 Å². The molecule has 0 aromatic heterocycles. The first-order chi connectivity index (χ1) is 8.35. The van der Waals surface area contributed by atoms with E-state index in [1.54, 1.807) is 14.2 Å². The van der Waals surface area contributed by atoms with Gasteiger partial charge in [-0.1, -0.05) is 27.7 Å². The van der Waals surface area contributed by atoms with E-state index in [4.69, 9.17) is 15.2 Å². The Morgan fingerprint density at radius 2 is 1.61 bits per heavy atom. The summed E-state index contributed by atoms with van der Waals surface area (Å²) in [5.41, 5.74) is 6.50. The third kappa shape index (κ3) is 3.44. The Balaban J connectivity index is 2.82. The van der Waals surface area contributed by atoms with E-state index < -0.39 is 0 Å². The number of nitrogens with zero attached hydrogens (tertiary/aromatic N) is 1. The molecule has 1 aliphatic rings. The van der Waals surface area contributed by atoms with E-state index in [1.807, 2.05) is 0 Å². The van der Waals surface area contributed by atoms with E-state index in [0.717, 1.165) is 19.5 Å². The lowest BCUT2D eigenvalue weighted by atomic mass is 9.80. The van der Waals surface area contributed by atoms with Crippen molar-refractivity contribution in [2.75, 3.05) is 27.3 Å². The molecule has 0 saturated carbocycles. The third-order valence-corrected chi connectivity index (χ3v) is 4.01. The summed E-state index contributed by atoms with van der Waals surface area (Å²) in [4.78, 5) is 2.44. The SMILES string of the molecule is CCC(N)C(N1CC(OC)C(OC)C1)C(C)(C)C. The minimum absolute atomic E-state index is 0.156. The highest BCUT2D eigenvalue weighted by atomic mass is 16.5. The quantitative estimate of drug-likeness (QED) is 0.811. The Labute approximate surface area is 112 Å². The van der Waals surface area contributed by atoms with Gasteiger partial charge in [0.25, 0.3) is 0 Å². The van der Waals surface area contributed by atoms with Crippen molar-refractivity contribution >= 4 is 0 Å². The van der Waals surface area contributed by atoms with Crippen molar-refractivity contribution in [3.8, 4) is 0 Å². The summed E-state index contributed by atoms with van der Waals surface area (Å²) in [5, 5.41) is 0. The van der Waals surface area contributed by atoms with Crippen molar-refractivity contribution in [1.82, 2.24) is 4.90 Å². The molecule has 0 aliphatic carbocycles. The van der Waals surface area contributed by atoms with E-state index in [2.05, 4.69) is 32.6 Å². The Kier molecular flexibility index (Phi) is 5.59. The molecular formula is C14H30N2O2. The van der Waals surface area contributed by atoms with Crippen molar-refractivity contribution < 1.29 is 9.47 Å². The van der Waals surface area contributed by atoms with E-state index >= 15 is 0 Å². The first-order valence-corrected chi connectivity index (χ1v) is 6.90. The van der Waals surface area contributed by atoms with Gasteiger partial charge in [-0.25, -0.2) is 0 Å². The maximum atomic E-state index is 6.33. The van der Waals surface area contributed by atoms with Gasteiger partial charge in [-0.3, -0.25) is 4.90 Å². The predicted molar refractivity (Wildman–Crippen MR) is 74.7 cm³/mol. The van der Waals surface area contributed by atoms with Crippen LogP contribution in [0.5, 0.6) is 0 Å². The number of hydrogen-bond donors (Lipinski definition) is 1. The van der Waals surface area contributed by atoms with Gasteiger partial charge >= 0.3 is 0 Å². The van der Waals surface area contributed by atoms with Crippen molar-refractivity contribution in [2.45, 2.75) is 58.4 Å². The van der Waals surface area contributed by atoms with Gasteiger partial charge in [0.15, 0.2) is 0 Å². The summed E-state index contributed by atoms with van der Waals surface area (Å²) >= 11 is 0. The van der Waals surface area contributed by atoms with E-state index in [-0.39, 0.29) is 23.7 Å². The molecule has 0 amide bonds. The zero-order valence-electron chi connectivity index (χ0n) is 12.8. The summed E-state index contributed by atoms with van der Waals surface area (Å²) in [6.45, 7) is 10.7. The largest absolute Gasteiger partial charge is 0.377 e. The maximum absolute atomic E-state index is 6.33. The number of methoxy groups -OCH3 is 2. The van der Waals surface area contributed by atoms with Crippen molar-refractivity contribution in [3.63, 3.8) is 0 Å². The average Bonchev–Trinajstić information content (AvgIpc) is 2.69. The van der Waals surface area contributed by atoms with E-state index in [9.17, 15) is 0 Å². The first-order valence-electron chi connectivity index (χ1n) is 6.90. The monoisotopic (exact) mass is 258 g/mol. The van der Waals surface area contributed by atoms with Crippen molar-refractivity contribution in [1.29, 1.82) is 0 Å². The molecule has 0 bridgehead atoms. The van der Waals surface area contributed by atoms with Crippen molar-refractivity contribution in [2.24, 2.45) is 11.1 Å². The van der Waals surface area contributed by atoms with Crippen LogP contribution in [0, 0.1) is 5.41 Å². The number of likely N-dealkylation sites (tertiary alicyclic amines) is 1. The standard InChI is InChI=1S/C14H30N2O2/c1-7-10(15)13(14(2,3)4)16-8-11(17-5)12(9-16)18-6/h10-13H,7-9,15H2,1-6H3. The summed E-state index contributed by atoms with van der Waals surface area (Å²) in [6, 6.07) is 0.554. The minimum Gasteiger partial charge on any atom is -0.377 e. The second-order valence-electron chi connectivity index (χ2n) is 6.39. The molecule has 4 unspecified atom stereocenters. The van der Waals surface area contributed by atoms with Gasteiger partial charge in [-0.05, 0) is 11.8 Å². The zero-order chi connectivity index (χ0) is 13.9. The highest BCUT2D eigenvalue weighted by Crippen LogP contribution is 2.31. The molecule has 1 rings (SSSR count). The van der Waals surface area contributed by atoms with Gasteiger partial charge in [0.1, 0.15) is 0 Å². The summed E-state index contributed by atoms with van der Waals surface area (Å²) in [6.07, 6.45) is 1.31. The molecule has 0 spiro atoms. The number of rotatable bonds is 5. The highest BCUT2D eigenvalue weighted by Gasteiger charge is 2.42. The van der Waals surface area contributed by atoms with Crippen LogP contribution in [0.25, 0.3) is 0 Å². The topological polar surface area (TPSA) is 47.7 Å². The molecular weight excluding hydrogens is 228 g/mol. The summed E-state index contributed by atoms with van der Waals surface area (Å²) in [5.74, 6) is 0. The molecule has 2 N–H and O–H groups in total. The second-order valence-corrected chi connectivity index (χ2v) is 6.39. The predicted octanol–water partition coefficient (Wildman–Crippen LogP) is 1.48. The Morgan fingerprint density at radius 1 is 1.17 bits per heavy atom. The summed E-state index contributed by atoms with van der Waals surface area (Å²) < 4.78 is 11.0. The molecule has 108 valence electrons. The molecule has 1 saturated heterocycles. The lowest BCUT2D eigenvalue weighted by Crippen LogP contribution is -2.54. The molecule has 0 radical (unpaired) electrons. The number of ether oxygens (including phenoxy) is 2. The van der Waals surface area contributed by atoms with Crippen LogP contribution >= 0.6 is 0 Å². The first kappa shape index (κ1) is 15.9. The van der Waals surface area contributed by atoms with Gasteiger partial charge in [-0.15, -0.1) is 0 Å². The lowest BCUT2D eigenvalue weighted by Gasteiger charge is -2.41. The molecule has 4 atom stereocenters. The second kappa shape index (κ2) is 6.33. The van der Waals surface area contributed by atoms with Crippen LogP contribution in [0.1, 0.15) is 34.1 Å². The molecule has 0 aromatic carbocycles. The maximum Gasteiger partial charge on any atom is 0.0971 e. The highest BCUT2D eigenvalue weighted by molar-refractivity contribution is 4.97. The van der Waals surface area contributed by atoms with E-state index in [0.29, 0.717) is 6.04 Å². The molecule has 18 heavy (non-hydrogen) atoms. The van der Waals surface area contributed by atoms with Gasteiger partial charge < -0.3 is 15.2 Å². The Morgan fingerprint density at radius 3 is 1.89 bits per heavy atom. The number of hydrogen-bond acceptors (Lipinski definition) is 4. The molecule has 4 nitrogen and oxygen atoms in total. The molecule has 4 heteroatoms. The van der Waals surface area contributed by atoms with Crippen LogP contribution in [0.4, 0.5) is 0 Å². The van der Waals surface area contributed by atoms with Crippen LogP contribution in [-0.4, -0.2) is 56.5 Å². The third-order valence-electron chi connectivity index (χ3n) is 4.01.